The fourth-order valence-electron chi connectivity index (χ4n) is 4.00. The Labute approximate surface area is 167 Å². The Hall–Kier alpha value is -2.24. The number of aliphatic hydroxyl groups is 1. The number of likely N-dealkylation sites (tertiary alicyclic amines) is 1. The van der Waals surface area contributed by atoms with Crippen LogP contribution in [0, 0.1) is 13.8 Å². The number of pyridine rings is 1. The SMILES string of the molecule is Cc1cc(CNC[C@]2(O)CCCN(CCCc3ccccc3)C2=O)cc(C)n1. The fourth-order valence-corrected chi connectivity index (χ4v) is 4.00. The Morgan fingerprint density at radius 2 is 1.86 bits per heavy atom. The normalized spacial score (nSPS) is 19.8. The molecule has 1 atom stereocenters. The molecular weight excluding hydrogens is 350 g/mol. The first-order valence-electron chi connectivity index (χ1n) is 10.2. The zero-order chi connectivity index (χ0) is 20.0. The topological polar surface area (TPSA) is 65.5 Å². The van der Waals surface area contributed by atoms with Crippen molar-refractivity contribution in [1.82, 2.24) is 15.2 Å². The summed E-state index contributed by atoms with van der Waals surface area (Å²) in [6.07, 6.45) is 3.21. The van der Waals surface area contributed by atoms with E-state index in [1.807, 2.05) is 49.1 Å². The first-order valence-corrected chi connectivity index (χ1v) is 10.2. The number of piperidine rings is 1. The third-order valence-electron chi connectivity index (χ3n) is 5.33. The van der Waals surface area contributed by atoms with E-state index in [9.17, 15) is 9.90 Å². The van der Waals surface area contributed by atoms with E-state index in [4.69, 9.17) is 0 Å². The van der Waals surface area contributed by atoms with E-state index in [-0.39, 0.29) is 12.5 Å². The smallest absolute Gasteiger partial charge is 0.255 e. The minimum atomic E-state index is -1.30. The molecule has 1 fully saturated rings. The summed E-state index contributed by atoms with van der Waals surface area (Å²) in [4.78, 5) is 19.1. The van der Waals surface area contributed by atoms with Gasteiger partial charge >= 0.3 is 0 Å². The first kappa shape index (κ1) is 20.5. The van der Waals surface area contributed by atoms with Crippen molar-refractivity contribution in [3.63, 3.8) is 0 Å². The number of carbonyl (C=O) groups is 1. The molecule has 5 heteroatoms. The minimum Gasteiger partial charge on any atom is -0.379 e. The summed E-state index contributed by atoms with van der Waals surface area (Å²) in [5, 5.41) is 14.2. The Bertz CT molecular complexity index is 773. The molecule has 3 rings (SSSR count). The average Bonchev–Trinajstić information content (AvgIpc) is 2.65. The highest BCUT2D eigenvalue weighted by molar-refractivity contribution is 5.86. The highest BCUT2D eigenvalue weighted by Crippen LogP contribution is 2.23. The predicted molar refractivity (Wildman–Crippen MR) is 111 cm³/mol. The molecule has 0 bridgehead atoms. The third-order valence-corrected chi connectivity index (χ3v) is 5.33. The van der Waals surface area contributed by atoms with Gasteiger partial charge in [-0.3, -0.25) is 9.78 Å². The molecule has 0 radical (unpaired) electrons. The van der Waals surface area contributed by atoms with Crippen molar-refractivity contribution >= 4 is 5.91 Å². The minimum absolute atomic E-state index is 0.138. The molecule has 1 aliphatic rings. The molecule has 2 heterocycles. The number of aryl methyl sites for hydroxylation is 3. The summed E-state index contributed by atoms with van der Waals surface area (Å²) in [6.45, 7) is 6.27. The van der Waals surface area contributed by atoms with E-state index in [1.165, 1.54) is 5.56 Å². The second kappa shape index (κ2) is 9.30. The fraction of sp³-hybridized carbons (Fsp3) is 0.478. The van der Waals surface area contributed by atoms with Crippen LogP contribution in [0.2, 0.25) is 0 Å². The van der Waals surface area contributed by atoms with E-state index in [0.717, 1.165) is 42.8 Å². The lowest BCUT2D eigenvalue weighted by Gasteiger charge is -2.38. The summed E-state index contributed by atoms with van der Waals surface area (Å²) >= 11 is 0. The lowest BCUT2D eigenvalue weighted by Crippen LogP contribution is -2.58. The summed E-state index contributed by atoms with van der Waals surface area (Å²) in [7, 11) is 0. The molecule has 2 N–H and O–H groups in total. The summed E-state index contributed by atoms with van der Waals surface area (Å²) in [5.41, 5.74) is 3.06. The second-order valence-electron chi connectivity index (χ2n) is 7.88. The van der Waals surface area contributed by atoms with Crippen LogP contribution < -0.4 is 5.32 Å². The number of benzene rings is 1. The van der Waals surface area contributed by atoms with Gasteiger partial charge in [0.15, 0.2) is 5.60 Å². The monoisotopic (exact) mass is 381 g/mol. The van der Waals surface area contributed by atoms with Crippen molar-refractivity contribution < 1.29 is 9.90 Å². The number of hydrogen-bond acceptors (Lipinski definition) is 4. The quantitative estimate of drug-likeness (QED) is 0.738. The molecule has 0 saturated carbocycles. The number of rotatable bonds is 8. The van der Waals surface area contributed by atoms with Crippen LogP contribution in [0.3, 0.4) is 0 Å². The van der Waals surface area contributed by atoms with Gasteiger partial charge in [-0.15, -0.1) is 0 Å². The molecule has 1 aliphatic heterocycles. The van der Waals surface area contributed by atoms with Crippen LogP contribution in [0.15, 0.2) is 42.5 Å². The van der Waals surface area contributed by atoms with E-state index in [0.29, 0.717) is 19.5 Å². The maximum atomic E-state index is 12.9. The van der Waals surface area contributed by atoms with E-state index in [1.54, 1.807) is 0 Å². The zero-order valence-corrected chi connectivity index (χ0v) is 16.9. The van der Waals surface area contributed by atoms with Crippen LogP contribution in [0.25, 0.3) is 0 Å². The maximum Gasteiger partial charge on any atom is 0.255 e. The van der Waals surface area contributed by atoms with Gasteiger partial charge in [0.05, 0.1) is 0 Å². The van der Waals surface area contributed by atoms with E-state index in [2.05, 4.69) is 22.4 Å². The molecule has 1 saturated heterocycles. The molecular formula is C23H31N3O2. The van der Waals surface area contributed by atoms with Gasteiger partial charge in [0, 0.05) is 37.6 Å². The number of aromatic nitrogens is 1. The zero-order valence-electron chi connectivity index (χ0n) is 16.9. The van der Waals surface area contributed by atoms with Gasteiger partial charge in [-0.05, 0) is 62.8 Å². The lowest BCUT2D eigenvalue weighted by molar-refractivity contribution is -0.156. The van der Waals surface area contributed by atoms with Gasteiger partial charge in [0.2, 0.25) is 0 Å². The van der Waals surface area contributed by atoms with Crippen LogP contribution >= 0.6 is 0 Å². The molecule has 1 amide bonds. The van der Waals surface area contributed by atoms with Crippen molar-refractivity contribution in [2.75, 3.05) is 19.6 Å². The van der Waals surface area contributed by atoms with E-state index < -0.39 is 5.60 Å². The Morgan fingerprint density at radius 3 is 2.57 bits per heavy atom. The standard InChI is InChI=1S/C23H31N3O2/c1-18-14-21(15-19(2)25-18)16-24-17-23(28)11-7-13-26(22(23)27)12-6-10-20-8-4-3-5-9-20/h3-5,8-9,14-15,24,28H,6-7,10-13,16-17H2,1-2H3/t23-/m1/s1. The molecule has 1 aromatic heterocycles. The van der Waals surface area contributed by atoms with Gasteiger partial charge in [0.25, 0.3) is 5.91 Å². The number of nitrogens with one attached hydrogen (secondary N) is 1. The molecule has 28 heavy (non-hydrogen) atoms. The Morgan fingerprint density at radius 1 is 1.14 bits per heavy atom. The molecule has 0 unspecified atom stereocenters. The van der Waals surface area contributed by atoms with Gasteiger partial charge in [0.1, 0.15) is 0 Å². The molecule has 0 aliphatic carbocycles. The van der Waals surface area contributed by atoms with Crippen molar-refractivity contribution in [2.24, 2.45) is 0 Å². The molecule has 150 valence electrons. The van der Waals surface area contributed by atoms with Gasteiger partial charge in [-0.25, -0.2) is 0 Å². The third kappa shape index (κ3) is 5.40. The van der Waals surface area contributed by atoms with Crippen molar-refractivity contribution in [1.29, 1.82) is 0 Å². The Kier molecular flexibility index (Phi) is 6.81. The number of amides is 1. The lowest BCUT2D eigenvalue weighted by atomic mass is 9.91. The van der Waals surface area contributed by atoms with Gasteiger partial charge in [-0.1, -0.05) is 30.3 Å². The molecule has 2 aromatic rings. The maximum absolute atomic E-state index is 12.9. The average molecular weight is 382 g/mol. The largest absolute Gasteiger partial charge is 0.379 e. The van der Waals surface area contributed by atoms with Crippen LogP contribution in [0.4, 0.5) is 0 Å². The van der Waals surface area contributed by atoms with Gasteiger partial charge in [-0.2, -0.15) is 0 Å². The number of hydrogen-bond donors (Lipinski definition) is 2. The van der Waals surface area contributed by atoms with Gasteiger partial charge < -0.3 is 15.3 Å². The van der Waals surface area contributed by atoms with Crippen LogP contribution in [-0.4, -0.2) is 46.1 Å². The summed E-state index contributed by atoms with van der Waals surface area (Å²) in [6, 6.07) is 14.4. The molecule has 1 aromatic carbocycles. The van der Waals surface area contributed by atoms with E-state index >= 15 is 0 Å². The second-order valence-corrected chi connectivity index (χ2v) is 7.88. The van der Waals surface area contributed by atoms with Crippen molar-refractivity contribution in [3.8, 4) is 0 Å². The number of carbonyl (C=O) groups excluding carboxylic acids is 1. The highest BCUT2D eigenvalue weighted by atomic mass is 16.3. The van der Waals surface area contributed by atoms with Crippen molar-refractivity contribution in [2.45, 2.75) is 51.7 Å². The number of nitrogens with zero attached hydrogens (tertiary/aromatic N) is 2. The Balaban J connectivity index is 1.50. The first-order chi connectivity index (χ1) is 13.5. The van der Waals surface area contributed by atoms with Crippen LogP contribution in [0.1, 0.15) is 41.8 Å². The molecule has 5 nitrogen and oxygen atoms in total. The van der Waals surface area contributed by atoms with Crippen LogP contribution in [-0.2, 0) is 17.8 Å². The van der Waals surface area contributed by atoms with Crippen molar-refractivity contribution in [3.05, 3.63) is 65.0 Å². The highest BCUT2D eigenvalue weighted by Gasteiger charge is 2.41. The van der Waals surface area contributed by atoms with Crippen LogP contribution in [0.5, 0.6) is 0 Å². The predicted octanol–water partition coefficient (Wildman–Crippen LogP) is 2.77. The summed E-state index contributed by atoms with van der Waals surface area (Å²) in [5.74, 6) is -0.138. The summed E-state index contributed by atoms with van der Waals surface area (Å²) < 4.78 is 0. The molecule has 0 spiro atoms.